The number of nitrogens with one attached hydrogen (secondary N) is 1. The molecular weight excluding hydrogens is 280 g/mol. The van der Waals surface area contributed by atoms with E-state index >= 15 is 0 Å². The van der Waals surface area contributed by atoms with Crippen molar-refractivity contribution in [2.24, 2.45) is 7.05 Å². The minimum absolute atomic E-state index is 0.00978. The van der Waals surface area contributed by atoms with Crippen molar-refractivity contribution < 1.29 is 4.79 Å². The first kappa shape index (κ1) is 14.8. The van der Waals surface area contributed by atoms with Crippen LogP contribution in [0.3, 0.4) is 0 Å². The van der Waals surface area contributed by atoms with Crippen LogP contribution in [0, 0.1) is 6.92 Å². The van der Waals surface area contributed by atoms with E-state index in [4.69, 9.17) is 0 Å². The smallest absolute Gasteiger partial charge is 0.272 e. The Balaban J connectivity index is 1.81. The summed E-state index contributed by atoms with van der Waals surface area (Å²) in [6.45, 7) is 7.17. The lowest BCUT2D eigenvalue weighted by molar-refractivity contribution is 0.0468. The van der Waals surface area contributed by atoms with Crippen LogP contribution in [-0.2, 0) is 7.05 Å². The van der Waals surface area contributed by atoms with Crippen LogP contribution in [0.15, 0.2) is 18.6 Å². The third kappa shape index (κ3) is 2.64. The van der Waals surface area contributed by atoms with E-state index in [-0.39, 0.29) is 11.9 Å². The number of likely N-dealkylation sites (N-methyl/N-ethyl adjacent to an activating group) is 1. The molecule has 0 bridgehead atoms. The molecule has 0 spiro atoms. The maximum absolute atomic E-state index is 12.6. The molecule has 0 saturated carbocycles. The van der Waals surface area contributed by atoms with Crippen LogP contribution in [0.5, 0.6) is 0 Å². The Bertz CT molecular complexity index is 661. The van der Waals surface area contributed by atoms with Crippen LogP contribution in [-0.4, -0.2) is 61.4 Å². The molecule has 0 aromatic carbocycles. The van der Waals surface area contributed by atoms with Crippen molar-refractivity contribution in [2.75, 3.05) is 26.2 Å². The Labute approximate surface area is 130 Å². The molecule has 1 N–H and O–H groups in total. The summed E-state index contributed by atoms with van der Waals surface area (Å²) < 4.78 is 2.03. The first-order chi connectivity index (χ1) is 10.6. The number of aromatic amines is 1. The van der Waals surface area contributed by atoms with Gasteiger partial charge in [0.25, 0.3) is 5.91 Å². The molecule has 1 aliphatic rings. The summed E-state index contributed by atoms with van der Waals surface area (Å²) in [6.07, 6.45) is 5.37. The SMILES string of the molecule is CCN1CCN(C(=O)c2cnc(C)[nH]2)C[C@@H]1c1nccn1C. The van der Waals surface area contributed by atoms with Gasteiger partial charge < -0.3 is 14.5 Å². The van der Waals surface area contributed by atoms with Gasteiger partial charge in [-0.25, -0.2) is 9.97 Å². The molecule has 2 aromatic rings. The van der Waals surface area contributed by atoms with Gasteiger partial charge in [0.15, 0.2) is 0 Å². The fourth-order valence-corrected chi connectivity index (χ4v) is 3.03. The number of amides is 1. The molecule has 0 unspecified atom stereocenters. The number of nitrogens with zero attached hydrogens (tertiary/aromatic N) is 5. The van der Waals surface area contributed by atoms with E-state index < -0.39 is 0 Å². The molecule has 0 radical (unpaired) electrons. The van der Waals surface area contributed by atoms with Crippen LogP contribution in [0.1, 0.15) is 35.1 Å². The number of aromatic nitrogens is 4. The zero-order chi connectivity index (χ0) is 15.7. The van der Waals surface area contributed by atoms with E-state index in [2.05, 4.69) is 26.8 Å². The van der Waals surface area contributed by atoms with Gasteiger partial charge in [-0.2, -0.15) is 0 Å². The van der Waals surface area contributed by atoms with Gasteiger partial charge in [0.2, 0.25) is 0 Å². The molecule has 7 heteroatoms. The molecule has 118 valence electrons. The number of imidazole rings is 2. The van der Waals surface area contributed by atoms with Gasteiger partial charge in [-0.05, 0) is 13.5 Å². The Hall–Kier alpha value is -2.15. The summed E-state index contributed by atoms with van der Waals surface area (Å²) >= 11 is 0. The monoisotopic (exact) mass is 302 g/mol. The lowest BCUT2D eigenvalue weighted by atomic mass is 10.1. The molecule has 1 atom stereocenters. The largest absolute Gasteiger partial charge is 0.338 e. The molecule has 2 aromatic heterocycles. The summed E-state index contributed by atoms with van der Waals surface area (Å²) in [5.74, 6) is 1.77. The minimum Gasteiger partial charge on any atom is -0.338 e. The number of aryl methyl sites for hydroxylation is 2. The van der Waals surface area contributed by atoms with Gasteiger partial charge in [-0.3, -0.25) is 9.69 Å². The van der Waals surface area contributed by atoms with Crippen LogP contribution < -0.4 is 0 Å². The van der Waals surface area contributed by atoms with Crippen molar-refractivity contribution in [3.63, 3.8) is 0 Å². The van der Waals surface area contributed by atoms with E-state index in [0.29, 0.717) is 12.2 Å². The topological polar surface area (TPSA) is 70.1 Å². The third-order valence-electron chi connectivity index (χ3n) is 4.27. The fraction of sp³-hybridized carbons (Fsp3) is 0.533. The Morgan fingerprint density at radius 2 is 2.23 bits per heavy atom. The Morgan fingerprint density at radius 3 is 2.82 bits per heavy atom. The van der Waals surface area contributed by atoms with E-state index in [9.17, 15) is 4.79 Å². The van der Waals surface area contributed by atoms with Crippen LogP contribution in [0.2, 0.25) is 0 Å². The summed E-state index contributed by atoms with van der Waals surface area (Å²) in [5.41, 5.74) is 0.557. The molecule has 1 fully saturated rings. The second-order valence-electron chi connectivity index (χ2n) is 5.67. The van der Waals surface area contributed by atoms with Crippen molar-refractivity contribution in [3.05, 3.63) is 35.9 Å². The summed E-state index contributed by atoms with van der Waals surface area (Å²) in [7, 11) is 2.00. The summed E-state index contributed by atoms with van der Waals surface area (Å²) in [6, 6.07) is 0.131. The highest BCUT2D eigenvalue weighted by atomic mass is 16.2. The lowest BCUT2D eigenvalue weighted by Gasteiger charge is -2.40. The highest BCUT2D eigenvalue weighted by Crippen LogP contribution is 2.24. The van der Waals surface area contributed by atoms with Gasteiger partial charge in [0.1, 0.15) is 17.3 Å². The molecular formula is C15H22N6O. The fourth-order valence-electron chi connectivity index (χ4n) is 3.03. The van der Waals surface area contributed by atoms with E-state index in [0.717, 1.165) is 31.3 Å². The van der Waals surface area contributed by atoms with Crippen LogP contribution >= 0.6 is 0 Å². The number of hydrogen-bond acceptors (Lipinski definition) is 4. The summed E-state index contributed by atoms with van der Waals surface area (Å²) in [5, 5.41) is 0. The Kier molecular flexibility index (Phi) is 3.98. The molecule has 1 amide bonds. The molecule has 3 heterocycles. The zero-order valence-corrected chi connectivity index (χ0v) is 13.3. The predicted molar refractivity (Wildman–Crippen MR) is 82.4 cm³/mol. The number of H-pyrrole nitrogens is 1. The molecule has 3 rings (SSSR count). The highest BCUT2D eigenvalue weighted by molar-refractivity contribution is 5.92. The van der Waals surface area contributed by atoms with Crippen molar-refractivity contribution in [3.8, 4) is 0 Å². The lowest BCUT2D eigenvalue weighted by Crippen LogP contribution is -2.51. The van der Waals surface area contributed by atoms with E-state index in [1.54, 1.807) is 6.20 Å². The Morgan fingerprint density at radius 1 is 1.41 bits per heavy atom. The first-order valence-corrected chi connectivity index (χ1v) is 7.62. The van der Waals surface area contributed by atoms with Gasteiger partial charge >= 0.3 is 0 Å². The van der Waals surface area contributed by atoms with Crippen LogP contribution in [0.4, 0.5) is 0 Å². The number of rotatable bonds is 3. The predicted octanol–water partition coefficient (Wildman–Crippen LogP) is 0.971. The van der Waals surface area contributed by atoms with Gasteiger partial charge in [0, 0.05) is 39.1 Å². The quantitative estimate of drug-likeness (QED) is 0.917. The maximum atomic E-state index is 12.6. The zero-order valence-electron chi connectivity index (χ0n) is 13.3. The number of carbonyl (C=O) groups is 1. The van der Waals surface area contributed by atoms with Crippen molar-refractivity contribution in [2.45, 2.75) is 19.9 Å². The van der Waals surface area contributed by atoms with Crippen molar-refractivity contribution in [1.82, 2.24) is 29.3 Å². The standard InChI is InChI=1S/C15H22N6O/c1-4-20-7-8-21(15(22)12-9-17-11(2)18-12)10-13(20)14-16-5-6-19(14)3/h5-6,9,13H,4,7-8,10H2,1-3H3,(H,17,18)/t13-/m1/s1. The first-order valence-electron chi connectivity index (χ1n) is 7.62. The average molecular weight is 302 g/mol. The summed E-state index contributed by atoms with van der Waals surface area (Å²) in [4.78, 5) is 28.5. The number of hydrogen-bond donors (Lipinski definition) is 1. The van der Waals surface area contributed by atoms with Crippen molar-refractivity contribution in [1.29, 1.82) is 0 Å². The molecule has 1 saturated heterocycles. The van der Waals surface area contributed by atoms with E-state index in [1.165, 1.54) is 0 Å². The number of carbonyl (C=O) groups excluding carboxylic acids is 1. The van der Waals surface area contributed by atoms with E-state index in [1.807, 2.05) is 35.8 Å². The van der Waals surface area contributed by atoms with Gasteiger partial charge in [-0.1, -0.05) is 6.92 Å². The minimum atomic E-state index is 0.00978. The second kappa shape index (κ2) is 5.92. The van der Waals surface area contributed by atoms with Gasteiger partial charge in [0.05, 0.1) is 12.2 Å². The van der Waals surface area contributed by atoms with Crippen LogP contribution in [0.25, 0.3) is 0 Å². The highest BCUT2D eigenvalue weighted by Gasteiger charge is 2.32. The maximum Gasteiger partial charge on any atom is 0.272 e. The van der Waals surface area contributed by atoms with Crippen molar-refractivity contribution >= 4 is 5.91 Å². The van der Waals surface area contributed by atoms with Gasteiger partial charge in [-0.15, -0.1) is 0 Å². The average Bonchev–Trinajstić information content (AvgIpc) is 3.14. The molecule has 0 aliphatic carbocycles. The normalized spacial score (nSPS) is 19.6. The second-order valence-corrected chi connectivity index (χ2v) is 5.67. The molecule has 22 heavy (non-hydrogen) atoms. The number of piperazine rings is 1. The molecule has 7 nitrogen and oxygen atoms in total. The third-order valence-corrected chi connectivity index (χ3v) is 4.27. The molecule has 1 aliphatic heterocycles.